The molecule has 0 aliphatic heterocycles. The second kappa shape index (κ2) is 7.56. The molecule has 6 heteroatoms. The highest BCUT2D eigenvalue weighted by atomic mass is 31.2. The topological polar surface area (TPSA) is 47.6 Å². The summed E-state index contributed by atoms with van der Waals surface area (Å²) in [6.45, 7) is 6.47. The van der Waals surface area contributed by atoms with Crippen molar-refractivity contribution >= 4 is 21.4 Å². The van der Waals surface area contributed by atoms with E-state index >= 15 is 0 Å². The first kappa shape index (κ1) is 14.3. The molecular weight excluding hydrogens is 220 g/mol. The molecule has 0 rings (SSSR count). The molecule has 84 valence electrons. The first-order valence-electron chi connectivity index (χ1n) is 4.64. The van der Waals surface area contributed by atoms with Crippen LogP contribution in [0.4, 0.5) is 0 Å². The largest absolute Gasteiger partial charge is 0.344 e. The maximum atomic E-state index is 11.9. The lowest BCUT2D eigenvalue weighted by Gasteiger charge is -2.16. The van der Waals surface area contributed by atoms with Gasteiger partial charge in [0.25, 0.3) is 0 Å². The summed E-state index contributed by atoms with van der Waals surface area (Å²) in [6, 6.07) is 0. The van der Waals surface area contributed by atoms with Crippen molar-refractivity contribution in [3.63, 3.8) is 0 Å². The SMILES string of the molecule is C=[P+](C)CNCP(=O)(OCC)OCC. The van der Waals surface area contributed by atoms with Gasteiger partial charge >= 0.3 is 7.60 Å². The molecule has 1 atom stereocenters. The van der Waals surface area contributed by atoms with Crippen LogP contribution in [0, 0.1) is 0 Å². The molecule has 1 N–H and O–H groups in total. The van der Waals surface area contributed by atoms with Gasteiger partial charge in [-0.3, -0.25) is 9.88 Å². The van der Waals surface area contributed by atoms with Crippen molar-refractivity contribution in [2.45, 2.75) is 13.8 Å². The van der Waals surface area contributed by atoms with E-state index in [-0.39, 0.29) is 13.8 Å². The molecule has 0 saturated carbocycles. The summed E-state index contributed by atoms with van der Waals surface area (Å²) in [5, 5.41) is 3.05. The minimum Gasteiger partial charge on any atom is -0.308 e. The third kappa shape index (κ3) is 6.69. The van der Waals surface area contributed by atoms with Crippen LogP contribution in [0.5, 0.6) is 0 Å². The van der Waals surface area contributed by atoms with Gasteiger partial charge in [0.15, 0.2) is 6.29 Å². The maximum absolute atomic E-state index is 11.9. The average molecular weight is 240 g/mol. The lowest BCUT2D eigenvalue weighted by molar-refractivity contribution is 0.218. The first-order valence-corrected chi connectivity index (χ1v) is 8.53. The van der Waals surface area contributed by atoms with Crippen LogP contribution in [0.1, 0.15) is 13.8 Å². The molecule has 0 heterocycles. The van der Waals surface area contributed by atoms with E-state index in [9.17, 15) is 4.57 Å². The Hall–Kier alpha value is 0.280. The summed E-state index contributed by atoms with van der Waals surface area (Å²) in [5.41, 5.74) is 0. The quantitative estimate of drug-likeness (QED) is 0.661. The molecule has 0 spiro atoms. The van der Waals surface area contributed by atoms with Crippen LogP contribution in [0.3, 0.4) is 0 Å². The normalized spacial score (nSPS) is 12.9. The fraction of sp³-hybridized carbons (Fsp3) is 0.875. The van der Waals surface area contributed by atoms with Gasteiger partial charge in [0.1, 0.15) is 6.29 Å². The standard InChI is InChI=1S/C8H20NO3P2/c1-5-11-14(10,12-6-2)8-9-7-13(3)4/h9H,3,5-8H2,1-2,4H3/q+1. The van der Waals surface area contributed by atoms with Crippen LogP contribution in [-0.4, -0.2) is 38.7 Å². The highest BCUT2D eigenvalue weighted by Crippen LogP contribution is 2.46. The Morgan fingerprint density at radius 3 is 2.21 bits per heavy atom. The Morgan fingerprint density at radius 1 is 1.36 bits per heavy atom. The van der Waals surface area contributed by atoms with E-state index in [1.807, 2.05) is 0 Å². The van der Waals surface area contributed by atoms with Crippen molar-refractivity contribution in [2.24, 2.45) is 0 Å². The molecule has 0 aromatic heterocycles. The smallest absolute Gasteiger partial charge is 0.308 e. The lowest BCUT2D eigenvalue weighted by Crippen LogP contribution is -2.17. The molecular formula is C8H20NO3P2+. The van der Waals surface area contributed by atoms with Crippen molar-refractivity contribution in [2.75, 3.05) is 32.5 Å². The minimum atomic E-state index is -2.90. The van der Waals surface area contributed by atoms with Gasteiger partial charge in [0, 0.05) is 0 Å². The second-order valence-corrected chi connectivity index (χ2v) is 6.95. The molecule has 4 nitrogen and oxygen atoms in total. The van der Waals surface area contributed by atoms with E-state index in [1.54, 1.807) is 13.8 Å². The highest BCUT2D eigenvalue weighted by Gasteiger charge is 2.23. The zero-order valence-electron chi connectivity index (χ0n) is 9.15. The Kier molecular flexibility index (Phi) is 7.71. The lowest BCUT2D eigenvalue weighted by atomic mass is 10.9. The predicted octanol–water partition coefficient (Wildman–Crippen LogP) is 2.30. The first-order chi connectivity index (χ1) is 6.54. The van der Waals surface area contributed by atoms with E-state index < -0.39 is 7.60 Å². The van der Waals surface area contributed by atoms with Gasteiger partial charge in [-0.2, -0.15) is 0 Å². The van der Waals surface area contributed by atoms with Crippen molar-refractivity contribution in [1.29, 1.82) is 0 Å². The molecule has 0 saturated heterocycles. The summed E-state index contributed by atoms with van der Waals surface area (Å²) in [5.74, 6) is 0. The Labute approximate surface area is 87.3 Å². The van der Waals surface area contributed by atoms with E-state index in [2.05, 4.69) is 18.3 Å². The number of nitrogens with one attached hydrogen (secondary N) is 1. The van der Waals surface area contributed by atoms with Crippen LogP contribution in [0.15, 0.2) is 0 Å². The molecule has 0 aliphatic carbocycles. The molecule has 0 bridgehead atoms. The summed E-state index contributed by atoms with van der Waals surface area (Å²) >= 11 is 0. The van der Waals surface area contributed by atoms with Crippen molar-refractivity contribution in [3.8, 4) is 0 Å². The van der Waals surface area contributed by atoms with E-state index in [4.69, 9.17) is 9.05 Å². The fourth-order valence-corrected chi connectivity index (χ4v) is 3.00. The Morgan fingerprint density at radius 2 is 1.86 bits per heavy atom. The van der Waals surface area contributed by atoms with Gasteiger partial charge in [0.2, 0.25) is 0 Å². The van der Waals surface area contributed by atoms with E-state index in [1.165, 1.54) is 0 Å². The summed E-state index contributed by atoms with van der Waals surface area (Å²) in [6.07, 6.45) is 4.93. The van der Waals surface area contributed by atoms with Gasteiger partial charge < -0.3 is 9.05 Å². The van der Waals surface area contributed by atoms with Crippen LogP contribution < -0.4 is 5.32 Å². The monoisotopic (exact) mass is 240 g/mol. The number of hydrogen-bond donors (Lipinski definition) is 1. The van der Waals surface area contributed by atoms with Gasteiger partial charge in [-0.1, -0.05) is 0 Å². The second-order valence-electron chi connectivity index (χ2n) is 2.87. The third-order valence-corrected chi connectivity index (χ3v) is 4.02. The van der Waals surface area contributed by atoms with Crippen LogP contribution in [0.2, 0.25) is 0 Å². The third-order valence-electron chi connectivity index (χ3n) is 1.34. The van der Waals surface area contributed by atoms with E-state index in [0.717, 1.165) is 6.29 Å². The Bertz CT molecular complexity index is 211. The summed E-state index contributed by atoms with van der Waals surface area (Å²) in [4.78, 5) is 0. The zero-order chi connectivity index (χ0) is 11.0. The molecule has 0 radical (unpaired) electrons. The fourth-order valence-electron chi connectivity index (χ4n) is 0.900. The number of hydrogen-bond acceptors (Lipinski definition) is 4. The minimum absolute atomic E-state index is 0.265. The van der Waals surface area contributed by atoms with Crippen LogP contribution >= 0.6 is 15.1 Å². The average Bonchev–Trinajstić information content (AvgIpc) is 2.03. The zero-order valence-corrected chi connectivity index (χ0v) is 10.9. The molecule has 1 unspecified atom stereocenters. The summed E-state index contributed by atoms with van der Waals surface area (Å²) < 4.78 is 22.1. The van der Waals surface area contributed by atoms with Crippen LogP contribution in [-0.2, 0) is 13.6 Å². The van der Waals surface area contributed by atoms with Crippen molar-refractivity contribution in [3.05, 3.63) is 0 Å². The Balaban J connectivity index is 3.96. The molecule has 0 fully saturated rings. The maximum Gasteiger partial charge on any atom is 0.344 e. The van der Waals surface area contributed by atoms with Crippen LogP contribution in [0.25, 0.3) is 0 Å². The highest BCUT2D eigenvalue weighted by molar-refractivity contribution is 7.55. The van der Waals surface area contributed by atoms with Gasteiger partial charge in [-0.25, -0.2) is 0 Å². The van der Waals surface area contributed by atoms with Gasteiger partial charge in [-0.05, 0) is 13.8 Å². The molecule has 0 aromatic rings. The summed E-state index contributed by atoms with van der Waals surface area (Å²) in [7, 11) is -3.17. The predicted molar refractivity (Wildman–Crippen MR) is 63.7 cm³/mol. The number of rotatable bonds is 8. The van der Waals surface area contributed by atoms with Gasteiger partial charge in [0.05, 0.1) is 33.7 Å². The van der Waals surface area contributed by atoms with Crippen molar-refractivity contribution in [1.82, 2.24) is 5.32 Å². The molecule has 0 aromatic carbocycles. The molecule has 0 aliphatic rings. The molecule has 14 heavy (non-hydrogen) atoms. The van der Waals surface area contributed by atoms with E-state index in [0.29, 0.717) is 13.2 Å². The van der Waals surface area contributed by atoms with Crippen molar-refractivity contribution < 1.29 is 13.6 Å². The van der Waals surface area contributed by atoms with Gasteiger partial charge in [-0.15, -0.1) is 0 Å². The molecule has 0 amide bonds.